The van der Waals surface area contributed by atoms with Crippen molar-refractivity contribution < 1.29 is 4.74 Å². The highest BCUT2D eigenvalue weighted by Gasteiger charge is 2.08. The summed E-state index contributed by atoms with van der Waals surface area (Å²) in [6, 6.07) is 5.95. The molecule has 0 bridgehead atoms. The Bertz CT molecular complexity index is 554. The highest BCUT2D eigenvalue weighted by atomic mass is 16.5. The Kier molecular flexibility index (Phi) is 4.40. The second-order valence-corrected chi connectivity index (χ2v) is 5.04. The molecule has 0 radical (unpaired) electrons. The maximum atomic E-state index is 5.81. The molecule has 0 amide bonds. The van der Waals surface area contributed by atoms with E-state index in [1.165, 1.54) is 0 Å². The number of piperazine rings is 1. The van der Waals surface area contributed by atoms with Gasteiger partial charge in [-0.25, -0.2) is 9.97 Å². The molecule has 20 heavy (non-hydrogen) atoms. The number of nitrogens with one attached hydrogen (secondary N) is 1. The van der Waals surface area contributed by atoms with Gasteiger partial charge in [0.15, 0.2) is 0 Å². The normalized spacial score (nSPS) is 16.4. The van der Waals surface area contributed by atoms with Crippen molar-refractivity contribution in [3.8, 4) is 5.75 Å². The number of nitrogens with zero attached hydrogens (tertiary/aromatic N) is 3. The van der Waals surface area contributed by atoms with E-state index in [4.69, 9.17) is 4.74 Å². The van der Waals surface area contributed by atoms with Crippen LogP contribution in [-0.4, -0.2) is 54.2 Å². The Balaban J connectivity index is 1.47. The van der Waals surface area contributed by atoms with Crippen LogP contribution in [0.25, 0.3) is 10.9 Å². The monoisotopic (exact) mass is 272 g/mol. The number of benzene rings is 1. The minimum Gasteiger partial charge on any atom is -0.494 e. The Morgan fingerprint density at radius 1 is 1.25 bits per heavy atom. The van der Waals surface area contributed by atoms with Gasteiger partial charge in [-0.05, 0) is 24.6 Å². The van der Waals surface area contributed by atoms with E-state index in [2.05, 4.69) is 20.2 Å². The average molecular weight is 272 g/mol. The lowest BCUT2D eigenvalue weighted by Crippen LogP contribution is -2.43. The molecule has 106 valence electrons. The molecule has 0 aliphatic carbocycles. The molecule has 1 saturated heterocycles. The molecule has 1 aromatic heterocycles. The zero-order chi connectivity index (χ0) is 13.6. The van der Waals surface area contributed by atoms with Crippen LogP contribution in [-0.2, 0) is 0 Å². The van der Waals surface area contributed by atoms with Crippen LogP contribution in [0.1, 0.15) is 6.42 Å². The molecule has 0 spiro atoms. The van der Waals surface area contributed by atoms with Gasteiger partial charge in [0.2, 0.25) is 0 Å². The van der Waals surface area contributed by atoms with Crippen molar-refractivity contribution in [1.82, 2.24) is 20.2 Å². The van der Waals surface area contributed by atoms with Crippen LogP contribution in [0.2, 0.25) is 0 Å². The van der Waals surface area contributed by atoms with Gasteiger partial charge in [0, 0.05) is 44.3 Å². The van der Waals surface area contributed by atoms with E-state index in [0.717, 1.165) is 62.4 Å². The summed E-state index contributed by atoms with van der Waals surface area (Å²) in [5.41, 5.74) is 0.952. The van der Waals surface area contributed by atoms with Crippen LogP contribution in [0.4, 0.5) is 0 Å². The fourth-order valence-electron chi connectivity index (χ4n) is 2.47. The second kappa shape index (κ2) is 6.63. The third-order valence-corrected chi connectivity index (χ3v) is 3.57. The summed E-state index contributed by atoms with van der Waals surface area (Å²) in [5.74, 6) is 0.896. The van der Waals surface area contributed by atoms with Crippen LogP contribution in [0.5, 0.6) is 5.75 Å². The number of hydrogen-bond donors (Lipinski definition) is 1. The number of aromatic nitrogens is 2. The van der Waals surface area contributed by atoms with Crippen molar-refractivity contribution in [2.24, 2.45) is 0 Å². The first kappa shape index (κ1) is 13.3. The predicted molar refractivity (Wildman–Crippen MR) is 79.0 cm³/mol. The smallest absolute Gasteiger partial charge is 0.120 e. The number of hydrogen-bond acceptors (Lipinski definition) is 5. The first-order chi connectivity index (χ1) is 9.92. The first-order valence-electron chi connectivity index (χ1n) is 7.17. The van der Waals surface area contributed by atoms with E-state index in [-0.39, 0.29) is 0 Å². The molecule has 1 N–H and O–H groups in total. The molecule has 0 saturated carbocycles. The first-order valence-corrected chi connectivity index (χ1v) is 7.17. The third kappa shape index (κ3) is 3.43. The molecule has 5 nitrogen and oxygen atoms in total. The number of fused-ring (bicyclic) bond motifs is 1. The molecule has 3 rings (SSSR count). The second-order valence-electron chi connectivity index (χ2n) is 5.04. The lowest BCUT2D eigenvalue weighted by Gasteiger charge is -2.26. The quantitative estimate of drug-likeness (QED) is 0.832. The van der Waals surface area contributed by atoms with Gasteiger partial charge < -0.3 is 15.0 Å². The van der Waals surface area contributed by atoms with Crippen LogP contribution in [0.15, 0.2) is 30.7 Å². The summed E-state index contributed by atoms with van der Waals surface area (Å²) in [5, 5.41) is 4.38. The third-order valence-electron chi connectivity index (χ3n) is 3.57. The van der Waals surface area contributed by atoms with Gasteiger partial charge in [-0.3, -0.25) is 0 Å². The van der Waals surface area contributed by atoms with Gasteiger partial charge in [0.25, 0.3) is 0 Å². The van der Waals surface area contributed by atoms with E-state index in [1.54, 1.807) is 6.33 Å². The number of ether oxygens (including phenoxy) is 1. The van der Waals surface area contributed by atoms with Crippen molar-refractivity contribution in [1.29, 1.82) is 0 Å². The molecule has 2 heterocycles. The van der Waals surface area contributed by atoms with E-state index in [1.807, 2.05) is 24.4 Å². The Hall–Kier alpha value is -1.72. The molecule has 1 fully saturated rings. The minimum atomic E-state index is 0.753. The summed E-state index contributed by atoms with van der Waals surface area (Å²) in [6.45, 7) is 6.36. The zero-order valence-corrected chi connectivity index (χ0v) is 11.6. The van der Waals surface area contributed by atoms with Gasteiger partial charge >= 0.3 is 0 Å². The van der Waals surface area contributed by atoms with Crippen LogP contribution in [0.3, 0.4) is 0 Å². The van der Waals surface area contributed by atoms with E-state index in [0.29, 0.717) is 0 Å². The van der Waals surface area contributed by atoms with Gasteiger partial charge in [0.1, 0.15) is 12.1 Å². The van der Waals surface area contributed by atoms with Crippen molar-refractivity contribution in [2.45, 2.75) is 6.42 Å². The summed E-state index contributed by atoms with van der Waals surface area (Å²) in [4.78, 5) is 10.7. The number of rotatable bonds is 5. The maximum Gasteiger partial charge on any atom is 0.120 e. The molecule has 5 heteroatoms. The van der Waals surface area contributed by atoms with Gasteiger partial charge in [-0.2, -0.15) is 0 Å². The van der Waals surface area contributed by atoms with Gasteiger partial charge in [-0.15, -0.1) is 0 Å². The molecule has 0 atom stereocenters. The lowest BCUT2D eigenvalue weighted by molar-refractivity contribution is 0.214. The van der Waals surface area contributed by atoms with Crippen LogP contribution < -0.4 is 10.1 Å². The van der Waals surface area contributed by atoms with Gasteiger partial charge in [0.05, 0.1) is 12.1 Å². The fraction of sp³-hybridized carbons (Fsp3) is 0.467. The topological polar surface area (TPSA) is 50.3 Å². The molecule has 2 aromatic rings. The van der Waals surface area contributed by atoms with Crippen molar-refractivity contribution in [2.75, 3.05) is 39.3 Å². The zero-order valence-electron chi connectivity index (χ0n) is 11.6. The SMILES string of the molecule is c1ncc2cc(OCCCN3CCNCC3)ccc2n1. The Morgan fingerprint density at radius 2 is 2.15 bits per heavy atom. The molecular weight excluding hydrogens is 252 g/mol. The van der Waals surface area contributed by atoms with Crippen LogP contribution in [0, 0.1) is 0 Å². The summed E-state index contributed by atoms with van der Waals surface area (Å²) in [6.07, 6.45) is 4.44. The fourth-order valence-corrected chi connectivity index (χ4v) is 2.47. The van der Waals surface area contributed by atoms with Crippen molar-refractivity contribution in [3.05, 3.63) is 30.7 Å². The predicted octanol–water partition coefficient (Wildman–Crippen LogP) is 1.30. The highest BCUT2D eigenvalue weighted by Crippen LogP contribution is 2.18. The lowest BCUT2D eigenvalue weighted by atomic mass is 10.2. The Morgan fingerprint density at radius 3 is 3.05 bits per heavy atom. The van der Waals surface area contributed by atoms with Crippen molar-refractivity contribution >= 4 is 10.9 Å². The Labute approximate surface area is 119 Å². The minimum absolute atomic E-state index is 0.753. The van der Waals surface area contributed by atoms with E-state index < -0.39 is 0 Å². The summed E-state index contributed by atoms with van der Waals surface area (Å²) >= 11 is 0. The molecule has 0 unspecified atom stereocenters. The van der Waals surface area contributed by atoms with Crippen LogP contribution >= 0.6 is 0 Å². The molecular formula is C15H20N4O. The summed E-state index contributed by atoms with van der Waals surface area (Å²) < 4.78 is 5.81. The molecule has 1 aromatic carbocycles. The largest absolute Gasteiger partial charge is 0.494 e. The molecule has 1 aliphatic heterocycles. The highest BCUT2D eigenvalue weighted by molar-refractivity contribution is 5.78. The summed E-state index contributed by atoms with van der Waals surface area (Å²) in [7, 11) is 0. The van der Waals surface area contributed by atoms with Crippen molar-refractivity contribution in [3.63, 3.8) is 0 Å². The maximum absolute atomic E-state index is 5.81. The standard InChI is InChI=1S/C15H20N4O/c1(6-19-7-4-16-5-8-19)9-20-14-2-3-15-13(10-14)11-17-12-18-15/h2-3,10-12,16H,1,4-9H2. The average Bonchev–Trinajstić information content (AvgIpc) is 2.52. The van der Waals surface area contributed by atoms with E-state index in [9.17, 15) is 0 Å². The van der Waals surface area contributed by atoms with Gasteiger partial charge in [-0.1, -0.05) is 0 Å². The van der Waals surface area contributed by atoms with E-state index >= 15 is 0 Å². The molecule has 1 aliphatic rings.